The highest BCUT2D eigenvalue weighted by Crippen LogP contribution is 2.17. The number of rotatable bonds is 7. The molecular formula is C19H24ClN5O2S. The van der Waals surface area contributed by atoms with Crippen LogP contribution in [0.25, 0.3) is 0 Å². The minimum Gasteiger partial charge on any atom is -0.375 e. The molecule has 1 aromatic heterocycles. The number of anilines is 1. The number of carbonyl (C=O) groups excluding carboxylic acids is 2. The molecule has 9 heteroatoms. The highest BCUT2D eigenvalue weighted by atomic mass is 35.5. The molecule has 0 bridgehead atoms. The molecule has 1 unspecified atom stereocenters. The first-order valence-corrected chi connectivity index (χ1v) is 10.3. The largest absolute Gasteiger partial charge is 0.375 e. The van der Waals surface area contributed by atoms with Crippen LogP contribution in [0.1, 0.15) is 23.3 Å². The molecule has 1 aliphatic heterocycles. The average Bonchev–Trinajstić information content (AvgIpc) is 3.27. The lowest BCUT2D eigenvalue weighted by atomic mass is 10.0. The second-order valence-electron chi connectivity index (χ2n) is 6.92. The fourth-order valence-electron chi connectivity index (χ4n) is 3.32. The van der Waals surface area contributed by atoms with Crippen LogP contribution in [-0.4, -0.2) is 47.4 Å². The van der Waals surface area contributed by atoms with Crippen LogP contribution in [0.2, 0.25) is 5.02 Å². The zero-order chi connectivity index (χ0) is 20.1. The second-order valence-corrected chi connectivity index (χ2v) is 8.50. The van der Waals surface area contributed by atoms with Crippen molar-refractivity contribution in [3.8, 4) is 0 Å². The van der Waals surface area contributed by atoms with E-state index in [0.717, 1.165) is 29.8 Å². The summed E-state index contributed by atoms with van der Waals surface area (Å²) in [6.07, 6.45) is 3.78. The molecule has 2 amide bonds. The average molecular weight is 422 g/mol. The predicted octanol–water partition coefficient (Wildman–Crippen LogP) is 1.82. The topological polar surface area (TPSA) is 100 Å². The molecule has 28 heavy (non-hydrogen) atoms. The Kier molecular flexibility index (Phi) is 6.88. The maximum atomic E-state index is 12.8. The maximum absolute atomic E-state index is 12.8. The van der Waals surface area contributed by atoms with Crippen molar-refractivity contribution in [1.82, 2.24) is 20.5 Å². The number of nitrogens with zero attached hydrogens (tertiary/aromatic N) is 2. The van der Waals surface area contributed by atoms with Crippen LogP contribution in [0.15, 0.2) is 30.5 Å². The van der Waals surface area contributed by atoms with Gasteiger partial charge in [-0.3, -0.25) is 14.5 Å². The quantitative estimate of drug-likeness (QED) is 0.633. The lowest BCUT2D eigenvalue weighted by molar-refractivity contribution is -0.131. The van der Waals surface area contributed by atoms with E-state index in [0.29, 0.717) is 23.1 Å². The molecule has 1 aromatic carbocycles. The fourth-order valence-corrected chi connectivity index (χ4v) is 4.16. The van der Waals surface area contributed by atoms with Gasteiger partial charge in [-0.25, -0.2) is 4.98 Å². The zero-order valence-electron chi connectivity index (χ0n) is 15.7. The number of hydrogen-bond donors (Lipinski definition) is 3. The van der Waals surface area contributed by atoms with E-state index in [1.54, 1.807) is 18.3 Å². The number of aromatic nitrogens is 1. The zero-order valence-corrected chi connectivity index (χ0v) is 17.2. The predicted molar refractivity (Wildman–Crippen MR) is 111 cm³/mol. The Morgan fingerprint density at radius 3 is 2.93 bits per heavy atom. The minimum absolute atomic E-state index is 0.121. The summed E-state index contributed by atoms with van der Waals surface area (Å²) in [7, 11) is 1.93. The number of thiazole rings is 1. The molecular weight excluding hydrogens is 398 g/mol. The van der Waals surface area contributed by atoms with Crippen molar-refractivity contribution in [3.63, 3.8) is 0 Å². The Morgan fingerprint density at radius 1 is 1.46 bits per heavy atom. The van der Waals surface area contributed by atoms with Crippen molar-refractivity contribution < 1.29 is 9.59 Å². The number of nitrogens with two attached hydrogens (primary N) is 1. The third-order valence-corrected chi connectivity index (χ3v) is 5.85. The van der Waals surface area contributed by atoms with Gasteiger partial charge < -0.3 is 16.4 Å². The number of nitrogens with one attached hydrogen (secondary N) is 2. The Bertz CT molecular complexity index is 843. The van der Waals surface area contributed by atoms with E-state index in [2.05, 4.69) is 15.6 Å². The molecule has 3 rings (SSSR count). The molecule has 2 aromatic rings. The molecule has 0 saturated carbocycles. The molecule has 150 valence electrons. The third kappa shape index (κ3) is 5.43. The number of likely N-dealkylation sites (N-methyl/N-ethyl adjacent to an activating group) is 1. The van der Waals surface area contributed by atoms with Gasteiger partial charge in [0.05, 0.1) is 12.6 Å². The molecule has 0 aliphatic carbocycles. The highest BCUT2D eigenvalue weighted by molar-refractivity contribution is 7.15. The molecule has 7 nitrogen and oxygen atoms in total. The number of amides is 2. The first-order chi connectivity index (χ1) is 13.4. The van der Waals surface area contributed by atoms with Crippen LogP contribution >= 0.6 is 22.9 Å². The van der Waals surface area contributed by atoms with Gasteiger partial charge in [-0.2, -0.15) is 0 Å². The number of hydrogen-bond acceptors (Lipinski definition) is 6. The van der Waals surface area contributed by atoms with Gasteiger partial charge in [0, 0.05) is 22.5 Å². The van der Waals surface area contributed by atoms with E-state index < -0.39 is 6.04 Å². The number of nitrogen functional groups attached to an aromatic ring is 1. The number of halogens is 1. The summed E-state index contributed by atoms with van der Waals surface area (Å²) in [5.74, 6) is -0.370. The Labute approximate surface area is 173 Å². The van der Waals surface area contributed by atoms with Gasteiger partial charge in [0.15, 0.2) is 5.13 Å². The molecule has 2 heterocycles. The summed E-state index contributed by atoms with van der Waals surface area (Å²) in [4.78, 5) is 32.4. The van der Waals surface area contributed by atoms with Crippen LogP contribution < -0.4 is 16.4 Å². The van der Waals surface area contributed by atoms with Gasteiger partial charge in [0.1, 0.15) is 6.04 Å². The summed E-state index contributed by atoms with van der Waals surface area (Å²) in [5, 5.41) is 6.85. The van der Waals surface area contributed by atoms with E-state index in [1.165, 1.54) is 11.3 Å². The summed E-state index contributed by atoms with van der Waals surface area (Å²) in [6.45, 7) is 1.20. The molecule has 0 radical (unpaired) electrons. The van der Waals surface area contributed by atoms with E-state index in [4.69, 9.17) is 17.3 Å². The van der Waals surface area contributed by atoms with Gasteiger partial charge in [0.2, 0.25) is 11.8 Å². The summed E-state index contributed by atoms with van der Waals surface area (Å²) < 4.78 is 0. The van der Waals surface area contributed by atoms with Crippen molar-refractivity contribution in [1.29, 1.82) is 0 Å². The molecule has 0 spiro atoms. The van der Waals surface area contributed by atoms with E-state index >= 15 is 0 Å². The van der Waals surface area contributed by atoms with Crippen molar-refractivity contribution in [2.24, 2.45) is 0 Å². The van der Waals surface area contributed by atoms with E-state index in [1.807, 2.05) is 24.1 Å². The van der Waals surface area contributed by atoms with Gasteiger partial charge in [0.25, 0.3) is 0 Å². The molecule has 4 N–H and O–H groups in total. The Hall–Kier alpha value is -2.16. The lowest BCUT2D eigenvalue weighted by Gasteiger charge is -2.23. The van der Waals surface area contributed by atoms with E-state index in [9.17, 15) is 9.59 Å². The third-order valence-electron chi connectivity index (χ3n) is 4.79. The lowest BCUT2D eigenvalue weighted by Crippen LogP contribution is -2.52. The Balaban J connectivity index is 1.69. The van der Waals surface area contributed by atoms with Crippen molar-refractivity contribution in [2.45, 2.75) is 37.9 Å². The van der Waals surface area contributed by atoms with Crippen molar-refractivity contribution >= 4 is 39.9 Å². The molecule has 1 saturated heterocycles. The van der Waals surface area contributed by atoms with Crippen molar-refractivity contribution in [3.05, 3.63) is 45.9 Å². The first-order valence-electron chi connectivity index (χ1n) is 9.15. The van der Waals surface area contributed by atoms with Crippen LogP contribution in [0.4, 0.5) is 5.13 Å². The normalized spacial score (nSPS) is 18.0. The number of likely N-dealkylation sites (tertiary alicyclic amines) is 1. The Morgan fingerprint density at radius 2 is 2.29 bits per heavy atom. The highest BCUT2D eigenvalue weighted by Gasteiger charge is 2.31. The van der Waals surface area contributed by atoms with Gasteiger partial charge in [-0.05, 0) is 44.1 Å². The standard InChI is InChI=1S/C19H24ClN5O2S/c1-25-7-3-6-16(25)18(27)24-15(9-12-4-2-5-13(20)8-12)17(26)22-10-14-11-23-19(21)28-14/h2,4-5,8,11,15-16H,3,6-7,9-10H2,1H3,(H2,21,23)(H,22,26)(H,24,27)/t15-,16?/m0/s1. The fraction of sp³-hybridized carbons (Fsp3) is 0.421. The molecule has 1 aliphatic rings. The van der Waals surface area contributed by atoms with Crippen LogP contribution in [0, 0.1) is 0 Å². The van der Waals surface area contributed by atoms with E-state index in [-0.39, 0.29) is 17.9 Å². The van der Waals surface area contributed by atoms with Crippen LogP contribution in [0.3, 0.4) is 0 Å². The maximum Gasteiger partial charge on any atom is 0.243 e. The second kappa shape index (κ2) is 9.36. The minimum atomic E-state index is -0.690. The SMILES string of the molecule is CN1CCCC1C(=O)N[C@@H](Cc1cccc(Cl)c1)C(=O)NCc1cnc(N)s1. The summed E-state index contributed by atoms with van der Waals surface area (Å²) >= 11 is 7.39. The van der Waals surface area contributed by atoms with Gasteiger partial charge in [-0.1, -0.05) is 23.7 Å². The van der Waals surface area contributed by atoms with Crippen LogP contribution in [0.5, 0.6) is 0 Å². The summed E-state index contributed by atoms with van der Waals surface area (Å²) in [6, 6.07) is 6.42. The first kappa shape index (κ1) is 20.6. The summed E-state index contributed by atoms with van der Waals surface area (Å²) in [5.41, 5.74) is 6.51. The van der Waals surface area contributed by atoms with Crippen LogP contribution in [-0.2, 0) is 22.6 Å². The smallest absolute Gasteiger partial charge is 0.243 e. The number of carbonyl (C=O) groups is 2. The molecule has 2 atom stereocenters. The number of benzene rings is 1. The van der Waals surface area contributed by atoms with Crippen molar-refractivity contribution in [2.75, 3.05) is 19.3 Å². The molecule has 1 fully saturated rings. The van der Waals surface area contributed by atoms with Gasteiger partial charge in [-0.15, -0.1) is 11.3 Å². The van der Waals surface area contributed by atoms with Gasteiger partial charge >= 0.3 is 0 Å². The monoisotopic (exact) mass is 421 g/mol.